The van der Waals surface area contributed by atoms with Crippen LogP contribution in [0, 0.1) is 0 Å². The number of hydrogen-bond donors (Lipinski definition) is 1. The van der Waals surface area contributed by atoms with E-state index >= 15 is 0 Å². The average molecular weight is 269 g/mol. The first kappa shape index (κ1) is 13.2. The summed E-state index contributed by atoms with van der Waals surface area (Å²) in [4.78, 5) is 2.26. The highest BCUT2D eigenvalue weighted by atomic mass is 32.2. The molecule has 2 N–H and O–H groups in total. The van der Waals surface area contributed by atoms with Gasteiger partial charge >= 0.3 is 0 Å². The number of methoxy groups -OCH3 is 1. The van der Waals surface area contributed by atoms with Gasteiger partial charge < -0.3 is 15.4 Å². The zero-order chi connectivity index (χ0) is 13.1. The molecule has 0 saturated carbocycles. The van der Waals surface area contributed by atoms with E-state index in [1.165, 1.54) is 0 Å². The van der Waals surface area contributed by atoms with Crippen LogP contribution >= 0.6 is 0 Å². The summed E-state index contributed by atoms with van der Waals surface area (Å²) in [6.45, 7) is 3.37. The van der Waals surface area contributed by atoms with E-state index in [4.69, 9.17) is 10.5 Å². The molecule has 2 rings (SSSR count). The predicted octanol–water partition coefficient (Wildman–Crippen LogP) is 0.693. The van der Waals surface area contributed by atoms with E-state index in [1.807, 2.05) is 22.5 Å². The Morgan fingerprint density at radius 1 is 1.28 bits per heavy atom. The van der Waals surface area contributed by atoms with Crippen molar-refractivity contribution < 1.29 is 8.95 Å². The van der Waals surface area contributed by atoms with Gasteiger partial charge in [0, 0.05) is 44.2 Å². The van der Waals surface area contributed by atoms with Gasteiger partial charge in [-0.15, -0.1) is 0 Å². The van der Waals surface area contributed by atoms with Crippen molar-refractivity contribution in [3.63, 3.8) is 0 Å². The normalized spacial score (nSPS) is 18.7. The third-order valence-corrected chi connectivity index (χ3v) is 4.28. The van der Waals surface area contributed by atoms with Crippen LogP contribution in [0.5, 0.6) is 5.75 Å². The van der Waals surface area contributed by atoms with Gasteiger partial charge in [-0.2, -0.15) is 0 Å². The molecular weight excluding hydrogens is 250 g/mol. The van der Waals surface area contributed by atoms with Gasteiger partial charge in [-0.3, -0.25) is 0 Å². The van der Waals surface area contributed by atoms with Gasteiger partial charge in [0.15, 0.2) is 0 Å². The monoisotopic (exact) mass is 269 g/mol. The maximum atomic E-state index is 11.4. The number of nitrogen functional groups attached to an aromatic ring is 1. The second kappa shape index (κ2) is 5.58. The molecule has 0 radical (unpaired) electrons. The highest BCUT2D eigenvalue weighted by Crippen LogP contribution is 2.28. The smallest absolute Gasteiger partial charge is 0.143 e. The van der Waals surface area contributed by atoms with E-state index in [9.17, 15) is 4.21 Å². The van der Waals surface area contributed by atoms with E-state index in [-0.39, 0.29) is 0 Å². The van der Waals surface area contributed by atoms with Gasteiger partial charge in [-0.1, -0.05) is 0 Å². The second-order valence-electron chi connectivity index (χ2n) is 4.27. The van der Waals surface area contributed by atoms with E-state index in [1.54, 1.807) is 13.4 Å². The zero-order valence-corrected chi connectivity index (χ0v) is 11.6. The van der Waals surface area contributed by atoms with Crippen molar-refractivity contribution in [3.8, 4) is 5.75 Å². The maximum Gasteiger partial charge on any atom is 0.143 e. The summed E-state index contributed by atoms with van der Waals surface area (Å²) in [5.41, 5.74) is 7.55. The summed E-state index contributed by atoms with van der Waals surface area (Å²) >= 11 is 0. The maximum absolute atomic E-state index is 11.4. The van der Waals surface area contributed by atoms with Crippen molar-refractivity contribution in [1.29, 1.82) is 0 Å². The van der Waals surface area contributed by atoms with Gasteiger partial charge in [-0.05, 0) is 12.1 Å². The Hall–Kier alpha value is -1.27. The van der Waals surface area contributed by atoms with Gasteiger partial charge in [0.05, 0.1) is 23.8 Å². The molecule has 0 aliphatic carbocycles. The van der Waals surface area contributed by atoms with Gasteiger partial charge in [0.2, 0.25) is 0 Å². The Morgan fingerprint density at radius 2 is 1.94 bits per heavy atom. The molecule has 6 heteroatoms. The van der Waals surface area contributed by atoms with E-state index < -0.39 is 11.0 Å². The lowest BCUT2D eigenvalue weighted by Gasteiger charge is -2.34. The highest BCUT2D eigenvalue weighted by Gasteiger charge is 2.19. The first-order chi connectivity index (χ1) is 8.61. The molecule has 1 atom stereocenters. The molecule has 0 aromatic heterocycles. The zero-order valence-electron chi connectivity index (χ0n) is 10.8. The third kappa shape index (κ3) is 2.76. The van der Waals surface area contributed by atoms with E-state index in [2.05, 4.69) is 4.90 Å². The minimum Gasteiger partial charge on any atom is -0.495 e. The van der Waals surface area contributed by atoms with Crippen molar-refractivity contribution >= 4 is 22.4 Å². The topological polar surface area (TPSA) is 58.8 Å². The van der Waals surface area contributed by atoms with E-state index in [0.717, 1.165) is 31.9 Å². The van der Waals surface area contributed by atoms with Crippen molar-refractivity contribution in [2.24, 2.45) is 0 Å². The quantitative estimate of drug-likeness (QED) is 0.820. The minimum atomic E-state index is -0.871. The lowest BCUT2D eigenvalue weighted by atomic mass is 10.2. The van der Waals surface area contributed by atoms with Gasteiger partial charge in [-0.25, -0.2) is 8.51 Å². The summed E-state index contributed by atoms with van der Waals surface area (Å²) in [6.07, 6.45) is 1.72. The summed E-state index contributed by atoms with van der Waals surface area (Å²) in [5.74, 6) is 0.703. The Labute approximate surface area is 110 Å². The van der Waals surface area contributed by atoms with Crippen LogP contribution in [0.1, 0.15) is 0 Å². The Kier molecular flexibility index (Phi) is 4.08. The number of nitrogens with two attached hydrogens (primary N) is 1. The molecular formula is C12H19N3O2S. The Morgan fingerprint density at radius 3 is 2.50 bits per heavy atom. The lowest BCUT2D eigenvalue weighted by molar-refractivity contribution is 0.408. The van der Waals surface area contributed by atoms with Crippen molar-refractivity contribution in [3.05, 3.63) is 18.2 Å². The summed E-state index contributed by atoms with van der Waals surface area (Å²) < 4.78 is 18.6. The molecule has 100 valence electrons. The first-order valence-electron chi connectivity index (χ1n) is 5.89. The molecule has 1 aromatic rings. The SMILES string of the molecule is COc1cc(N2CCN(S(C)=O)CC2)ccc1N. The molecule has 1 saturated heterocycles. The fraction of sp³-hybridized carbons (Fsp3) is 0.500. The summed E-state index contributed by atoms with van der Waals surface area (Å²) in [5, 5.41) is 0. The molecule has 1 aromatic carbocycles. The molecule has 1 fully saturated rings. The summed E-state index contributed by atoms with van der Waals surface area (Å²) in [7, 11) is 0.748. The second-order valence-corrected chi connectivity index (χ2v) is 5.63. The van der Waals surface area contributed by atoms with Crippen LogP contribution in [-0.2, 0) is 11.0 Å². The van der Waals surface area contributed by atoms with Crippen LogP contribution in [0.15, 0.2) is 18.2 Å². The van der Waals surface area contributed by atoms with Crippen molar-refractivity contribution in [2.45, 2.75) is 0 Å². The number of piperazine rings is 1. The number of nitrogens with zero attached hydrogens (tertiary/aromatic N) is 2. The standard InChI is InChI=1S/C12H19N3O2S/c1-17-12-9-10(3-4-11(12)13)14-5-7-15(8-6-14)18(2)16/h3-4,9H,5-8,13H2,1-2H3. The van der Waals surface area contributed by atoms with Crippen LogP contribution in [0.25, 0.3) is 0 Å². The first-order valence-corrected chi connectivity index (χ1v) is 7.40. The van der Waals surface area contributed by atoms with Crippen LogP contribution in [-0.4, -0.2) is 48.1 Å². The predicted molar refractivity (Wildman–Crippen MR) is 75.3 cm³/mol. The molecule has 1 heterocycles. The van der Waals surface area contributed by atoms with Crippen LogP contribution in [0.2, 0.25) is 0 Å². The average Bonchev–Trinajstić information content (AvgIpc) is 2.39. The number of anilines is 2. The molecule has 1 aliphatic heterocycles. The van der Waals surface area contributed by atoms with Gasteiger partial charge in [0.1, 0.15) is 5.75 Å². The highest BCUT2D eigenvalue weighted by molar-refractivity contribution is 7.81. The molecule has 0 amide bonds. The number of benzene rings is 1. The Bertz CT molecular complexity index is 445. The van der Waals surface area contributed by atoms with Gasteiger partial charge in [0.25, 0.3) is 0 Å². The molecule has 5 nitrogen and oxygen atoms in total. The molecule has 0 spiro atoms. The van der Waals surface area contributed by atoms with Crippen LogP contribution in [0.3, 0.4) is 0 Å². The number of rotatable bonds is 3. The lowest BCUT2D eigenvalue weighted by Crippen LogP contribution is -2.46. The number of ether oxygens (including phenoxy) is 1. The molecule has 0 bridgehead atoms. The molecule has 18 heavy (non-hydrogen) atoms. The number of hydrogen-bond acceptors (Lipinski definition) is 4. The molecule has 1 aliphatic rings. The molecule has 1 unspecified atom stereocenters. The van der Waals surface area contributed by atoms with E-state index in [0.29, 0.717) is 11.4 Å². The van der Waals surface area contributed by atoms with Crippen LogP contribution in [0.4, 0.5) is 11.4 Å². The van der Waals surface area contributed by atoms with Crippen molar-refractivity contribution in [1.82, 2.24) is 4.31 Å². The largest absolute Gasteiger partial charge is 0.495 e. The van der Waals surface area contributed by atoms with Crippen LogP contribution < -0.4 is 15.4 Å². The third-order valence-electron chi connectivity index (χ3n) is 3.18. The minimum absolute atomic E-state index is 0.648. The fourth-order valence-corrected chi connectivity index (χ4v) is 2.78. The van der Waals surface area contributed by atoms with Crippen molar-refractivity contribution in [2.75, 3.05) is 50.2 Å². The fourth-order valence-electron chi connectivity index (χ4n) is 2.10. The summed E-state index contributed by atoms with van der Waals surface area (Å²) in [6, 6.07) is 5.81. The Balaban J connectivity index is 2.07.